The van der Waals surface area contributed by atoms with Crippen LogP contribution in [0.2, 0.25) is 5.02 Å². The van der Waals surface area contributed by atoms with Crippen LogP contribution in [0.1, 0.15) is 37.6 Å². The number of carbonyl (C=O) groups is 1. The van der Waals surface area contributed by atoms with E-state index in [2.05, 4.69) is 42.8 Å². The van der Waals surface area contributed by atoms with Crippen LogP contribution in [0.5, 0.6) is 0 Å². The van der Waals surface area contributed by atoms with Crippen molar-refractivity contribution in [1.82, 2.24) is 4.90 Å². The Bertz CT molecular complexity index is 560. The molecule has 0 spiro atoms. The number of hydrogen-bond donors (Lipinski definition) is 0. The molecule has 0 N–H and O–H groups in total. The monoisotopic (exact) mass is 355 g/mol. The molecule has 4 heteroatoms. The molecule has 1 aliphatic heterocycles. The van der Waals surface area contributed by atoms with E-state index in [1.807, 2.05) is 11.0 Å². The summed E-state index contributed by atoms with van der Waals surface area (Å²) in [6, 6.07) is 5.37. The SMILES string of the molecule is CC(C)(C)C1=CCN(C(=O)c2cc(Br)ccc2Cl)CC1. The second kappa shape index (κ2) is 5.90. The molecule has 0 saturated heterocycles. The number of benzene rings is 1. The smallest absolute Gasteiger partial charge is 0.255 e. The van der Waals surface area contributed by atoms with E-state index >= 15 is 0 Å². The summed E-state index contributed by atoms with van der Waals surface area (Å²) >= 11 is 9.51. The van der Waals surface area contributed by atoms with Crippen molar-refractivity contribution in [3.63, 3.8) is 0 Å². The highest BCUT2D eigenvalue weighted by Gasteiger charge is 2.25. The lowest BCUT2D eigenvalue weighted by Crippen LogP contribution is -2.36. The van der Waals surface area contributed by atoms with E-state index in [0.29, 0.717) is 17.1 Å². The molecule has 1 heterocycles. The molecule has 1 amide bonds. The molecule has 0 aromatic heterocycles. The van der Waals surface area contributed by atoms with Gasteiger partial charge in [0.05, 0.1) is 10.6 Å². The van der Waals surface area contributed by atoms with Crippen molar-refractivity contribution < 1.29 is 4.79 Å². The Morgan fingerprint density at radius 1 is 1.35 bits per heavy atom. The minimum atomic E-state index is 0.000471. The number of hydrogen-bond acceptors (Lipinski definition) is 1. The summed E-state index contributed by atoms with van der Waals surface area (Å²) in [5, 5.41) is 0.504. The maximum atomic E-state index is 12.5. The van der Waals surface area contributed by atoms with Gasteiger partial charge in [-0.15, -0.1) is 0 Å². The normalized spacial score (nSPS) is 16.1. The summed E-state index contributed by atoms with van der Waals surface area (Å²) in [7, 11) is 0. The first kappa shape index (κ1) is 15.6. The summed E-state index contributed by atoms with van der Waals surface area (Å²) in [6.07, 6.45) is 3.11. The fraction of sp³-hybridized carbons (Fsp3) is 0.438. The Morgan fingerprint density at radius 2 is 2.05 bits per heavy atom. The molecular weight excluding hydrogens is 338 g/mol. The molecule has 108 valence electrons. The van der Waals surface area contributed by atoms with Crippen LogP contribution in [0.15, 0.2) is 34.3 Å². The van der Waals surface area contributed by atoms with Gasteiger partial charge in [-0.1, -0.05) is 60.0 Å². The highest BCUT2D eigenvalue weighted by atomic mass is 79.9. The van der Waals surface area contributed by atoms with E-state index in [4.69, 9.17) is 11.6 Å². The highest BCUT2D eigenvalue weighted by molar-refractivity contribution is 9.10. The number of rotatable bonds is 1. The van der Waals surface area contributed by atoms with Crippen LogP contribution in [-0.2, 0) is 0 Å². The predicted octanol–water partition coefficient (Wildman–Crippen LogP) is 4.92. The first-order valence-electron chi connectivity index (χ1n) is 6.73. The molecule has 2 nitrogen and oxygen atoms in total. The van der Waals surface area contributed by atoms with Crippen molar-refractivity contribution >= 4 is 33.4 Å². The molecule has 20 heavy (non-hydrogen) atoms. The van der Waals surface area contributed by atoms with Crippen molar-refractivity contribution in [2.24, 2.45) is 5.41 Å². The van der Waals surface area contributed by atoms with Crippen LogP contribution < -0.4 is 0 Å². The largest absolute Gasteiger partial charge is 0.335 e. The molecule has 0 fully saturated rings. The zero-order valence-electron chi connectivity index (χ0n) is 12.0. The third kappa shape index (κ3) is 3.44. The van der Waals surface area contributed by atoms with E-state index in [-0.39, 0.29) is 11.3 Å². The fourth-order valence-corrected chi connectivity index (χ4v) is 2.93. The summed E-state index contributed by atoms with van der Waals surface area (Å²) in [6.45, 7) is 8.05. The predicted molar refractivity (Wildman–Crippen MR) is 87.2 cm³/mol. The van der Waals surface area contributed by atoms with Crippen molar-refractivity contribution in [3.05, 3.63) is 44.9 Å². The number of amides is 1. The Morgan fingerprint density at radius 3 is 2.60 bits per heavy atom. The van der Waals surface area contributed by atoms with Crippen molar-refractivity contribution in [3.8, 4) is 0 Å². The van der Waals surface area contributed by atoms with Gasteiger partial charge in [-0.05, 0) is 30.0 Å². The van der Waals surface area contributed by atoms with Gasteiger partial charge in [-0.25, -0.2) is 0 Å². The third-order valence-electron chi connectivity index (χ3n) is 3.62. The number of halogens is 2. The van der Waals surface area contributed by atoms with Crippen molar-refractivity contribution in [1.29, 1.82) is 0 Å². The molecule has 0 radical (unpaired) electrons. The molecule has 0 unspecified atom stereocenters. The molecule has 1 aromatic carbocycles. The van der Waals surface area contributed by atoms with Crippen LogP contribution in [0.3, 0.4) is 0 Å². The lowest BCUT2D eigenvalue weighted by Gasteiger charge is -2.32. The Labute approximate surface area is 133 Å². The third-order valence-corrected chi connectivity index (χ3v) is 4.44. The zero-order valence-corrected chi connectivity index (χ0v) is 14.4. The lowest BCUT2D eigenvalue weighted by atomic mass is 9.83. The molecule has 1 aliphatic rings. The van der Waals surface area contributed by atoms with E-state index in [9.17, 15) is 4.79 Å². The highest BCUT2D eigenvalue weighted by Crippen LogP contribution is 2.31. The van der Waals surface area contributed by atoms with Gasteiger partial charge in [0.2, 0.25) is 0 Å². The summed E-state index contributed by atoms with van der Waals surface area (Å²) in [5.41, 5.74) is 2.17. The molecule has 0 aliphatic carbocycles. The van der Waals surface area contributed by atoms with Gasteiger partial charge < -0.3 is 4.90 Å². The van der Waals surface area contributed by atoms with E-state index in [0.717, 1.165) is 17.4 Å². The van der Waals surface area contributed by atoms with E-state index in [1.54, 1.807) is 12.1 Å². The van der Waals surface area contributed by atoms with Gasteiger partial charge in [0.25, 0.3) is 5.91 Å². The maximum Gasteiger partial charge on any atom is 0.255 e. The van der Waals surface area contributed by atoms with Crippen LogP contribution in [0, 0.1) is 5.41 Å². The Kier molecular flexibility index (Phi) is 4.60. The summed E-state index contributed by atoms with van der Waals surface area (Å²) < 4.78 is 0.869. The number of carbonyl (C=O) groups excluding carboxylic acids is 1. The second-order valence-electron chi connectivity index (χ2n) is 6.10. The number of nitrogens with zero attached hydrogens (tertiary/aromatic N) is 1. The minimum Gasteiger partial charge on any atom is -0.335 e. The average molecular weight is 357 g/mol. The minimum absolute atomic E-state index is 0.000471. The molecule has 0 atom stereocenters. The van der Waals surface area contributed by atoms with Gasteiger partial charge in [0, 0.05) is 17.6 Å². The van der Waals surface area contributed by atoms with Crippen molar-refractivity contribution in [2.75, 3.05) is 13.1 Å². The maximum absolute atomic E-state index is 12.5. The Balaban J connectivity index is 2.17. The molecule has 0 bridgehead atoms. The standard InChI is InChI=1S/C16H19BrClNO/c1-16(2,3)11-6-8-19(9-7-11)15(20)13-10-12(17)4-5-14(13)18/h4-6,10H,7-9H2,1-3H3. The van der Waals surface area contributed by atoms with Crippen LogP contribution in [0.25, 0.3) is 0 Å². The van der Waals surface area contributed by atoms with E-state index < -0.39 is 0 Å². The summed E-state index contributed by atoms with van der Waals surface area (Å²) in [5.74, 6) is 0.000471. The first-order valence-corrected chi connectivity index (χ1v) is 7.90. The van der Waals surface area contributed by atoms with Gasteiger partial charge >= 0.3 is 0 Å². The van der Waals surface area contributed by atoms with Gasteiger partial charge in [-0.3, -0.25) is 4.79 Å². The average Bonchev–Trinajstić information content (AvgIpc) is 2.40. The topological polar surface area (TPSA) is 20.3 Å². The quantitative estimate of drug-likeness (QED) is 0.654. The first-order chi connectivity index (χ1) is 9.29. The molecule has 1 aromatic rings. The van der Waals surface area contributed by atoms with Crippen LogP contribution >= 0.6 is 27.5 Å². The van der Waals surface area contributed by atoms with Crippen molar-refractivity contribution in [2.45, 2.75) is 27.2 Å². The summed E-state index contributed by atoms with van der Waals surface area (Å²) in [4.78, 5) is 14.4. The molecule has 0 saturated carbocycles. The van der Waals surface area contributed by atoms with Crippen LogP contribution in [0.4, 0.5) is 0 Å². The lowest BCUT2D eigenvalue weighted by molar-refractivity contribution is 0.0765. The zero-order chi connectivity index (χ0) is 14.9. The van der Waals surface area contributed by atoms with Gasteiger partial charge in [0.1, 0.15) is 0 Å². The van der Waals surface area contributed by atoms with Gasteiger partial charge in [-0.2, -0.15) is 0 Å². The van der Waals surface area contributed by atoms with Gasteiger partial charge in [0.15, 0.2) is 0 Å². The molecular formula is C16H19BrClNO. The Hall–Kier alpha value is -0.800. The van der Waals surface area contributed by atoms with Crippen LogP contribution in [-0.4, -0.2) is 23.9 Å². The second-order valence-corrected chi connectivity index (χ2v) is 7.43. The van der Waals surface area contributed by atoms with E-state index in [1.165, 1.54) is 5.57 Å². The molecule has 2 rings (SSSR count). The fourth-order valence-electron chi connectivity index (χ4n) is 2.37.